The molecule has 0 saturated carbocycles. The number of hydrogen-bond donors (Lipinski definition) is 1. The fourth-order valence-electron chi connectivity index (χ4n) is 2.60. The van der Waals surface area contributed by atoms with E-state index in [2.05, 4.69) is 73.8 Å². The van der Waals surface area contributed by atoms with Gasteiger partial charge < -0.3 is 10.1 Å². The van der Waals surface area contributed by atoms with Crippen molar-refractivity contribution < 1.29 is 4.74 Å². The second-order valence-electron chi connectivity index (χ2n) is 5.78. The van der Waals surface area contributed by atoms with Crippen LogP contribution in [-0.4, -0.2) is 13.7 Å². The van der Waals surface area contributed by atoms with Crippen molar-refractivity contribution in [3.8, 4) is 0 Å². The standard InChI is InChI=1S/C19H25NO/c1-15(2)19(17-9-5-4-6-10-17)13-20-18-11-7-8-16(12-18)14-21-3/h4-12,15,19-20H,13-14H2,1-3H3. The van der Waals surface area contributed by atoms with Gasteiger partial charge in [-0.2, -0.15) is 0 Å². The van der Waals surface area contributed by atoms with Gasteiger partial charge in [-0.25, -0.2) is 0 Å². The van der Waals surface area contributed by atoms with Crippen LogP contribution in [-0.2, 0) is 11.3 Å². The summed E-state index contributed by atoms with van der Waals surface area (Å²) >= 11 is 0. The number of hydrogen-bond acceptors (Lipinski definition) is 2. The van der Waals surface area contributed by atoms with Crippen LogP contribution in [0.1, 0.15) is 30.9 Å². The first-order valence-corrected chi connectivity index (χ1v) is 7.57. The number of anilines is 1. The van der Waals surface area contributed by atoms with E-state index in [-0.39, 0.29) is 0 Å². The van der Waals surface area contributed by atoms with E-state index < -0.39 is 0 Å². The highest BCUT2D eigenvalue weighted by atomic mass is 16.5. The lowest BCUT2D eigenvalue weighted by Crippen LogP contribution is -2.17. The second-order valence-corrected chi connectivity index (χ2v) is 5.78. The Kier molecular flexibility index (Phi) is 5.82. The fourth-order valence-corrected chi connectivity index (χ4v) is 2.60. The number of rotatable bonds is 7. The van der Waals surface area contributed by atoms with Crippen molar-refractivity contribution in [2.75, 3.05) is 19.0 Å². The molecule has 0 bridgehead atoms. The fraction of sp³-hybridized carbons (Fsp3) is 0.368. The third kappa shape index (κ3) is 4.61. The summed E-state index contributed by atoms with van der Waals surface area (Å²) in [5.74, 6) is 1.11. The highest BCUT2D eigenvalue weighted by Gasteiger charge is 2.15. The molecule has 1 N–H and O–H groups in total. The molecule has 2 rings (SSSR count). The maximum Gasteiger partial charge on any atom is 0.0713 e. The summed E-state index contributed by atoms with van der Waals surface area (Å²) in [5.41, 5.74) is 3.75. The van der Waals surface area contributed by atoms with E-state index >= 15 is 0 Å². The van der Waals surface area contributed by atoms with Crippen LogP contribution in [0.5, 0.6) is 0 Å². The maximum absolute atomic E-state index is 5.19. The van der Waals surface area contributed by atoms with Crippen LogP contribution in [0.25, 0.3) is 0 Å². The van der Waals surface area contributed by atoms with Crippen LogP contribution in [0.4, 0.5) is 5.69 Å². The average molecular weight is 283 g/mol. The van der Waals surface area contributed by atoms with E-state index in [9.17, 15) is 0 Å². The minimum Gasteiger partial charge on any atom is -0.384 e. The van der Waals surface area contributed by atoms with Gasteiger partial charge in [0.25, 0.3) is 0 Å². The van der Waals surface area contributed by atoms with Gasteiger partial charge in [-0.1, -0.05) is 56.3 Å². The third-order valence-electron chi connectivity index (χ3n) is 3.80. The molecule has 0 fully saturated rings. The van der Waals surface area contributed by atoms with Crippen LogP contribution in [0.2, 0.25) is 0 Å². The summed E-state index contributed by atoms with van der Waals surface area (Å²) in [6.45, 7) is 6.15. The number of nitrogens with one attached hydrogen (secondary N) is 1. The molecule has 0 spiro atoms. The molecule has 2 heteroatoms. The monoisotopic (exact) mass is 283 g/mol. The molecule has 1 unspecified atom stereocenters. The molecule has 0 aliphatic carbocycles. The Hall–Kier alpha value is -1.80. The quantitative estimate of drug-likeness (QED) is 0.796. The van der Waals surface area contributed by atoms with Gasteiger partial charge in [-0.05, 0) is 29.2 Å². The number of benzene rings is 2. The summed E-state index contributed by atoms with van der Waals surface area (Å²) in [5, 5.41) is 3.57. The summed E-state index contributed by atoms with van der Waals surface area (Å²) in [7, 11) is 1.73. The summed E-state index contributed by atoms with van der Waals surface area (Å²) in [4.78, 5) is 0. The Morgan fingerprint density at radius 2 is 1.76 bits per heavy atom. The average Bonchev–Trinajstić information content (AvgIpc) is 2.49. The lowest BCUT2D eigenvalue weighted by atomic mass is 9.88. The first-order chi connectivity index (χ1) is 10.2. The molecular formula is C19H25NO. The Bertz CT molecular complexity index is 536. The van der Waals surface area contributed by atoms with Gasteiger partial charge in [0, 0.05) is 25.3 Å². The van der Waals surface area contributed by atoms with Crippen LogP contribution in [0.3, 0.4) is 0 Å². The van der Waals surface area contributed by atoms with E-state index in [4.69, 9.17) is 4.74 Å². The Labute approximate surface area is 128 Å². The second kappa shape index (κ2) is 7.84. The largest absolute Gasteiger partial charge is 0.384 e. The van der Waals surface area contributed by atoms with E-state index in [0.29, 0.717) is 18.4 Å². The summed E-state index contributed by atoms with van der Waals surface area (Å²) in [6, 6.07) is 19.2. The highest BCUT2D eigenvalue weighted by Crippen LogP contribution is 2.25. The minimum atomic E-state index is 0.511. The van der Waals surface area contributed by atoms with Gasteiger partial charge in [0.2, 0.25) is 0 Å². The van der Waals surface area contributed by atoms with Gasteiger partial charge in [0.1, 0.15) is 0 Å². The molecule has 2 nitrogen and oxygen atoms in total. The number of methoxy groups -OCH3 is 1. The number of ether oxygens (including phenoxy) is 1. The molecule has 2 aromatic carbocycles. The smallest absolute Gasteiger partial charge is 0.0713 e. The molecule has 0 aliphatic rings. The van der Waals surface area contributed by atoms with E-state index in [1.165, 1.54) is 11.1 Å². The minimum absolute atomic E-state index is 0.511. The molecule has 112 valence electrons. The van der Waals surface area contributed by atoms with Crippen molar-refractivity contribution in [3.05, 3.63) is 65.7 Å². The van der Waals surface area contributed by atoms with Gasteiger partial charge in [-0.15, -0.1) is 0 Å². The Morgan fingerprint density at radius 3 is 2.43 bits per heavy atom. The molecule has 0 amide bonds. The summed E-state index contributed by atoms with van der Waals surface area (Å²) in [6.07, 6.45) is 0. The lowest BCUT2D eigenvalue weighted by Gasteiger charge is -2.22. The third-order valence-corrected chi connectivity index (χ3v) is 3.80. The molecule has 21 heavy (non-hydrogen) atoms. The normalized spacial score (nSPS) is 12.4. The molecule has 2 aromatic rings. The Morgan fingerprint density at radius 1 is 1.00 bits per heavy atom. The zero-order chi connectivity index (χ0) is 15.1. The summed E-state index contributed by atoms with van der Waals surface area (Å²) < 4.78 is 5.19. The predicted octanol–water partition coefficient (Wildman–Crippen LogP) is 4.68. The zero-order valence-electron chi connectivity index (χ0n) is 13.2. The first kappa shape index (κ1) is 15.6. The van der Waals surface area contributed by atoms with E-state index in [1.54, 1.807) is 7.11 Å². The Balaban J connectivity index is 2.04. The van der Waals surface area contributed by atoms with E-state index in [0.717, 1.165) is 12.2 Å². The first-order valence-electron chi connectivity index (χ1n) is 7.57. The van der Waals surface area contributed by atoms with Gasteiger partial charge in [0.15, 0.2) is 0 Å². The lowest BCUT2D eigenvalue weighted by molar-refractivity contribution is 0.185. The van der Waals surface area contributed by atoms with Crippen molar-refractivity contribution in [1.82, 2.24) is 0 Å². The molecule has 0 saturated heterocycles. The van der Waals surface area contributed by atoms with Crippen molar-refractivity contribution >= 4 is 5.69 Å². The molecule has 0 heterocycles. The molecule has 0 aliphatic heterocycles. The van der Waals surface area contributed by atoms with Crippen molar-refractivity contribution in [3.63, 3.8) is 0 Å². The predicted molar refractivity (Wildman–Crippen MR) is 89.7 cm³/mol. The topological polar surface area (TPSA) is 21.3 Å². The van der Waals surface area contributed by atoms with E-state index in [1.807, 2.05) is 0 Å². The SMILES string of the molecule is COCc1cccc(NCC(c2ccccc2)C(C)C)c1. The van der Waals surface area contributed by atoms with Gasteiger partial charge in [0.05, 0.1) is 6.61 Å². The van der Waals surface area contributed by atoms with Crippen LogP contribution >= 0.6 is 0 Å². The molecule has 0 radical (unpaired) electrons. The molecule has 1 atom stereocenters. The van der Waals surface area contributed by atoms with Crippen LogP contribution < -0.4 is 5.32 Å². The van der Waals surface area contributed by atoms with Crippen molar-refractivity contribution in [2.45, 2.75) is 26.4 Å². The van der Waals surface area contributed by atoms with Gasteiger partial charge in [-0.3, -0.25) is 0 Å². The highest BCUT2D eigenvalue weighted by molar-refractivity contribution is 5.46. The van der Waals surface area contributed by atoms with Crippen LogP contribution in [0.15, 0.2) is 54.6 Å². The van der Waals surface area contributed by atoms with Crippen molar-refractivity contribution in [2.24, 2.45) is 5.92 Å². The molecule has 0 aromatic heterocycles. The molecular weight excluding hydrogens is 258 g/mol. The zero-order valence-corrected chi connectivity index (χ0v) is 13.2. The maximum atomic E-state index is 5.19. The van der Waals surface area contributed by atoms with Crippen molar-refractivity contribution in [1.29, 1.82) is 0 Å². The van der Waals surface area contributed by atoms with Crippen LogP contribution in [0, 0.1) is 5.92 Å². The van der Waals surface area contributed by atoms with Gasteiger partial charge >= 0.3 is 0 Å².